The minimum absolute atomic E-state index is 0.0381. The van der Waals surface area contributed by atoms with Crippen LogP contribution < -0.4 is 5.32 Å². The number of aromatic hydroxyl groups is 1. The summed E-state index contributed by atoms with van der Waals surface area (Å²) in [6.45, 7) is 3.97. The van der Waals surface area contributed by atoms with E-state index in [0.717, 1.165) is 23.1 Å². The fourth-order valence-electron chi connectivity index (χ4n) is 3.12. The molecule has 5 nitrogen and oxygen atoms in total. The summed E-state index contributed by atoms with van der Waals surface area (Å²) in [6, 6.07) is 18.1. The molecule has 0 unspecified atom stereocenters. The van der Waals surface area contributed by atoms with Crippen LogP contribution in [-0.4, -0.2) is 16.0 Å². The topological polar surface area (TPSA) is 75.4 Å². The highest BCUT2D eigenvalue weighted by atomic mass is 16.3. The molecule has 0 atom stereocenters. The molecule has 0 spiro atoms. The third kappa shape index (κ3) is 3.34. The monoisotopic (exact) mass is 372 g/mol. The van der Waals surface area contributed by atoms with Crippen molar-refractivity contribution in [3.63, 3.8) is 0 Å². The molecule has 0 aliphatic carbocycles. The number of anilines is 1. The first-order chi connectivity index (χ1) is 13.5. The maximum Gasteiger partial charge on any atom is 0.255 e. The van der Waals surface area contributed by atoms with Gasteiger partial charge >= 0.3 is 0 Å². The van der Waals surface area contributed by atoms with Gasteiger partial charge in [0.25, 0.3) is 5.91 Å². The summed E-state index contributed by atoms with van der Waals surface area (Å²) in [6.07, 6.45) is 0.907. The molecule has 0 saturated heterocycles. The van der Waals surface area contributed by atoms with Crippen LogP contribution in [0.4, 0.5) is 5.69 Å². The number of hydrogen-bond acceptors (Lipinski definition) is 4. The zero-order valence-corrected chi connectivity index (χ0v) is 15.7. The van der Waals surface area contributed by atoms with Crippen molar-refractivity contribution in [2.45, 2.75) is 20.3 Å². The maximum absolute atomic E-state index is 12.6. The van der Waals surface area contributed by atoms with Crippen LogP contribution in [0.25, 0.3) is 22.6 Å². The second kappa shape index (κ2) is 7.19. The van der Waals surface area contributed by atoms with Crippen LogP contribution in [0.15, 0.2) is 65.1 Å². The fourth-order valence-corrected chi connectivity index (χ4v) is 3.12. The summed E-state index contributed by atoms with van der Waals surface area (Å²) in [7, 11) is 0. The van der Waals surface area contributed by atoms with Crippen LogP contribution in [0.3, 0.4) is 0 Å². The van der Waals surface area contributed by atoms with E-state index < -0.39 is 0 Å². The van der Waals surface area contributed by atoms with E-state index in [1.54, 1.807) is 18.2 Å². The van der Waals surface area contributed by atoms with Gasteiger partial charge in [-0.05, 0) is 60.9 Å². The first-order valence-electron chi connectivity index (χ1n) is 9.15. The van der Waals surface area contributed by atoms with Gasteiger partial charge in [-0.1, -0.05) is 31.2 Å². The average molecular weight is 372 g/mol. The van der Waals surface area contributed by atoms with Crippen LogP contribution in [0, 0.1) is 6.92 Å². The minimum Gasteiger partial charge on any atom is -0.507 e. The number of phenolic OH excluding ortho intramolecular Hbond substituents is 1. The summed E-state index contributed by atoms with van der Waals surface area (Å²) in [4.78, 5) is 17.1. The lowest BCUT2D eigenvalue weighted by Gasteiger charge is -2.09. The molecule has 3 aromatic carbocycles. The predicted octanol–water partition coefficient (Wildman–Crippen LogP) is 5.32. The molecule has 1 amide bonds. The van der Waals surface area contributed by atoms with E-state index in [9.17, 15) is 9.90 Å². The zero-order valence-electron chi connectivity index (χ0n) is 15.7. The number of aromatic nitrogens is 1. The Labute approximate surface area is 162 Å². The van der Waals surface area contributed by atoms with Gasteiger partial charge in [-0.3, -0.25) is 4.79 Å². The highest BCUT2D eigenvalue weighted by Gasteiger charge is 2.15. The molecule has 1 aromatic heterocycles. The van der Waals surface area contributed by atoms with Gasteiger partial charge in [0.05, 0.1) is 5.56 Å². The number of rotatable bonds is 4. The number of nitrogens with one attached hydrogen (secondary N) is 1. The van der Waals surface area contributed by atoms with Gasteiger partial charge in [0.15, 0.2) is 5.58 Å². The van der Waals surface area contributed by atoms with Gasteiger partial charge in [0.1, 0.15) is 11.3 Å². The van der Waals surface area contributed by atoms with Crippen molar-refractivity contribution in [2.24, 2.45) is 0 Å². The van der Waals surface area contributed by atoms with Crippen LogP contribution in [0.2, 0.25) is 0 Å². The van der Waals surface area contributed by atoms with Crippen LogP contribution in [0.1, 0.15) is 28.4 Å². The molecule has 140 valence electrons. The Hall–Kier alpha value is -3.60. The van der Waals surface area contributed by atoms with Crippen molar-refractivity contribution in [3.8, 4) is 17.2 Å². The Morgan fingerprint density at radius 1 is 1.11 bits per heavy atom. The Kier molecular flexibility index (Phi) is 4.57. The number of oxazole rings is 1. The Morgan fingerprint density at radius 3 is 2.71 bits per heavy atom. The number of carbonyl (C=O) groups is 1. The van der Waals surface area contributed by atoms with Gasteiger partial charge in [0, 0.05) is 11.3 Å². The average Bonchev–Trinajstić information content (AvgIpc) is 3.12. The van der Waals surface area contributed by atoms with Crippen molar-refractivity contribution in [2.75, 3.05) is 5.32 Å². The third-order valence-electron chi connectivity index (χ3n) is 4.73. The van der Waals surface area contributed by atoms with Crippen molar-refractivity contribution in [3.05, 3.63) is 77.4 Å². The normalized spacial score (nSPS) is 10.9. The maximum atomic E-state index is 12.6. The third-order valence-corrected chi connectivity index (χ3v) is 4.73. The second-order valence-electron chi connectivity index (χ2n) is 6.68. The molecule has 0 fully saturated rings. The summed E-state index contributed by atoms with van der Waals surface area (Å²) in [5, 5.41) is 13.2. The number of nitrogens with zero attached hydrogens (tertiary/aromatic N) is 1. The number of carbonyl (C=O) groups excluding carboxylic acids is 1. The minimum atomic E-state index is -0.208. The highest BCUT2D eigenvalue weighted by molar-refractivity contribution is 6.05. The van der Waals surface area contributed by atoms with Crippen molar-refractivity contribution in [1.29, 1.82) is 0 Å². The number of benzene rings is 3. The largest absolute Gasteiger partial charge is 0.507 e. The van der Waals surface area contributed by atoms with Gasteiger partial charge in [-0.15, -0.1) is 0 Å². The van der Waals surface area contributed by atoms with Crippen LogP contribution >= 0.6 is 0 Å². The van der Waals surface area contributed by atoms with Crippen molar-refractivity contribution < 1.29 is 14.3 Å². The zero-order chi connectivity index (χ0) is 19.7. The molecular formula is C23H20N2O3. The van der Waals surface area contributed by atoms with E-state index in [2.05, 4.69) is 17.2 Å². The predicted molar refractivity (Wildman–Crippen MR) is 110 cm³/mol. The van der Waals surface area contributed by atoms with E-state index in [0.29, 0.717) is 28.3 Å². The lowest BCUT2D eigenvalue weighted by atomic mass is 10.1. The Bertz CT molecular complexity index is 1180. The number of phenols is 1. The SMILES string of the molecule is CCc1ccc2oc(-c3cc(NC(=O)c4ccccc4C)ccc3O)nc2c1. The van der Waals surface area contributed by atoms with Crippen molar-refractivity contribution >= 4 is 22.7 Å². The molecule has 0 bridgehead atoms. The van der Waals surface area contributed by atoms with E-state index in [-0.39, 0.29) is 11.7 Å². The smallest absolute Gasteiger partial charge is 0.255 e. The molecule has 4 aromatic rings. The van der Waals surface area contributed by atoms with Gasteiger partial charge < -0.3 is 14.8 Å². The van der Waals surface area contributed by atoms with Gasteiger partial charge in [-0.25, -0.2) is 4.98 Å². The lowest BCUT2D eigenvalue weighted by molar-refractivity contribution is 0.102. The van der Waals surface area contributed by atoms with Gasteiger partial charge in [-0.2, -0.15) is 0 Å². The first kappa shape index (κ1) is 17.8. The molecule has 0 aliphatic heterocycles. The van der Waals surface area contributed by atoms with Crippen LogP contribution in [0.5, 0.6) is 5.75 Å². The molecule has 0 aliphatic rings. The Morgan fingerprint density at radius 2 is 1.93 bits per heavy atom. The molecule has 1 heterocycles. The van der Waals surface area contributed by atoms with Gasteiger partial charge in [0.2, 0.25) is 5.89 Å². The summed E-state index contributed by atoms with van der Waals surface area (Å²) < 4.78 is 5.81. The fraction of sp³-hybridized carbons (Fsp3) is 0.130. The summed E-state index contributed by atoms with van der Waals surface area (Å²) in [5.41, 5.74) is 5.03. The van der Waals surface area contributed by atoms with Crippen molar-refractivity contribution in [1.82, 2.24) is 4.98 Å². The number of hydrogen-bond donors (Lipinski definition) is 2. The molecule has 28 heavy (non-hydrogen) atoms. The van der Waals surface area contributed by atoms with Crippen LogP contribution in [-0.2, 0) is 6.42 Å². The molecule has 2 N–H and O–H groups in total. The molecule has 0 saturated carbocycles. The lowest BCUT2D eigenvalue weighted by Crippen LogP contribution is -2.13. The van der Waals surface area contributed by atoms with E-state index in [4.69, 9.17) is 4.42 Å². The quantitative estimate of drug-likeness (QED) is 0.475. The molecule has 4 rings (SSSR count). The van der Waals surface area contributed by atoms with E-state index >= 15 is 0 Å². The van der Waals surface area contributed by atoms with E-state index in [1.807, 2.05) is 43.3 Å². The Balaban J connectivity index is 1.68. The number of aryl methyl sites for hydroxylation is 2. The first-order valence-corrected chi connectivity index (χ1v) is 9.15. The summed E-state index contributed by atoms with van der Waals surface area (Å²) >= 11 is 0. The summed E-state index contributed by atoms with van der Waals surface area (Å²) in [5.74, 6) is 0.142. The molecule has 0 radical (unpaired) electrons. The standard InChI is InChI=1S/C23H20N2O3/c1-3-15-8-11-21-19(12-15)25-23(28-21)18-13-16(9-10-20(18)26)24-22(27)17-7-5-4-6-14(17)2/h4-13,26H,3H2,1-2H3,(H,24,27). The van der Waals surface area contributed by atoms with E-state index in [1.165, 1.54) is 6.07 Å². The molecular weight excluding hydrogens is 352 g/mol. The highest BCUT2D eigenvalue weighted by Crippen LogP contribution is 2.33. The second-order valence-corrected chi connectivity index (χ2v) is 6.68. The number of amides is 1. The molecule has 5 heteroatoms. The number of fused-ring (bicyclic) bond motifs is 1.